The Morgan fingerprint density at radius 1 is 1.42 bits per heavy atom. The number of hydrogen-bond acceptors (Lipinski definition) is 6. The van der Waals surface area contributed by atoms with Gasteiger partial charge in [-0.1, -0.05) is 29.1 Å². The number of rotatable bonds is 3. The van der Waals surface area contributed by atoms with E-state index in [0.717, 1.165) is 11.7 Å². The molecular formula is C15H9Cl2N3O3S. The molecule has 24 heavy (non-hydrogen) atoms. The minimum Gasteiger partial charge on any atom is -0.505 e. The Hall–Kier alpha value is -2.27. The summed E-state index contributed by atoms with van der Waals surface area (Å²) in [5, 5.41) is 10.9. The number of aromatic nitrogens is 3. The third-order valence-electron chi connectivity index (χ3n) is 3.35. The summed E-state index contributed by atoms with van der Waals surface area (Å²) in [5.41, 5.74) is -0.413. The Morgan fingerprint density at radius 3 is 2.88 bits per heavy atom. The Balaban J connectivity index is 2.48. The molecule has 1 N–H and O–H groups in total. The van der Waals surface area contributed by atoms with Crippen LogP contribution in [0, 0.1) is 12.3 Å². The number of ether oxygens (including phenoxy) is 1. The maximum atomic E-state index is 13.0. The number of methoxy groups -OCH3 is 1. The van der Waals surface area contributed by atoms with E-state index in [1.165, 1.54) is 16.7 Å². The number of hydrogen-bond donors (Lipinski definition) is 1. The topological polar surface area (TPSA) is 77.2 Å². The highest BCUT2D eigenvalue weighted by molar-refractivity contribution is 7.00. The SMILES string of the molecule is [2H]COc1c(Cl)ccc(Cl)c1-c1c(O)c2nsnc2n(CC#C)c1=O. The van der Waals surface area contributed by atoms with E-state index in [-0.39, 0.29) is 44.6 Å². The fourth-order valence-corrected chi connectivity index (χ4v) is 3.34. The largest absolute Gasteiger partial charge is 0.505 e. The molecule has 0 aliphatic rings. The number of pyridine rings is 1. The summed E-state index contributed by atoms with van der Waals surface area (Å²) in [6.45, 7) is -0.0686. The van der Waals surface area contributed by atoms with E-state index < -0.39 is 18.4 Å². The van der Waals surface area contributed by atoms with Crippen LogP contribution in [0.3, 0.4) is 0 Å². The van der Waals surface area contributed by atoms with Crippen molar-refractivity contribution in [2.24, 2.45) is 0 Å². The van der Waals surface area contributed by atoms with Crippen molar-refractivity contribution in [1.29, 1.82) is 0 Å². The van der Waals surface area contributed by atoms with Crippen molar-refractivity contribution in [3.05, 3.63) is 32.5 Å². The predicted molar refractivity (Wildman–Crippen MR) is 94.2 cm³/mol. The van der Waals surface area contributed by atoms with Crippen molar-refractivity contribution in [3.8, 4) is 35.0 Å². The smallest absolute Gasteiger partial charge is 0.265 e. The van der Waals surface area contributed by atoms with Crippen LogP contribution in [0.15, 0.2) is 16.9 Å². The zero-order valence-electron chi connectivity index (χ0n) is 12.9. The molecule has 0 saturated heterocycles. The zero-order chi connectivity index (χ0) is 18.1. The first-order valence-electron chi connectivity index (χ1n) is 7.13. The van der Waals surface area contributed by atoms with Crippen LogP contribution in [0.2, 0.25) is 10.0 Å². The average molecular weight is 383 g/mol. The molecule has 0 spiro atoms. The van der Waals surface area contributed by atoms with Crippen LogP contribution >= 0.6 is 34.9 Å². The molecule has 2 aromatic heterocycles. The lowest BCUT2D eigenvalue weighted by Crippen LogP contribution is -2.22. The van der Waals surface area contributed by atoms with Crippen molar-refractivity contribution >= 4 is 46.1 Å². The number of nitrogens with zero attached hydrogens (tertiary/aromatic N) is 3. The predicted octanol–water partition coefficient (Wildman–Crippen LogP) is 3.17. The lowest BCUT2D eigenvalue weighted by Gasteiger charge is -2.14. The minimum atomic E-state index is -0.616. The molecule has 0 aliphatic carbocycles. The monoisotopic (exact) mass is 382 g/mol. The van der Waals surface area contributed by atoms with Gasteiger partial charge in [-0.2, -0.15) is 8.75 Å². The first-order valence-corrected chi connectivity index (χ1v) is 7.91. The summed E-state index contributed by atoms with van der Waals surface area (Å²) in [5.74, 6) is 1.99. The first-order chi connectivity index (χ1) is 12.0. The second-order valence-corrected chi connectivity index (χ2v) is 5.98. The van der Waals surface area contributed by atoms with Crippen molar-refractivity contribution < 1.29 is 11.2 Å². The van der Waals surface area contributed by atoms with E-state index in [9.17, 15) is 9.90 Å². The fourth-order valence-electron chi connectivity index (χ4n) is 2.33. The molecule has 0 fully saturated rings. The lowest BCUT2D eigenvalue weighted by molar-refractivity contribution is 0.416. The number of aromatic hydroxyl groups is 1. The van der Waals surface area contributed by atoms with E-state index in [4.69, 9.17) is 35.7 Å². The number of terminal acetylenes is 1. The highest BCUT2D eigenvalue weighted by Crippen LogP contribution is 2.44. The molecule has 3 aromatic rings. The molecule has 3 rings (SSSR count). The highest BCUT2D eigenvalue weighted by Gasteiger charge is 2.25. The van der Waals surface area contributed by atoms with Crippen LogP contribution in [-0.2, 0) is 6.54 Å². The molecular weight excluding hydrogens is 373 g/mol. The summed E-state index contributed by atoms with van der Waals surface area (Å²) in [7, 11) is -0.452. The quantitative estimate of drug-likeness (QED) is 0.703. The van der Waals surface area contributed by atoms with Crippen molar-refractivity contribution in [3.63, 3.8) is 0 Å². The molecule has 0 unspecified atom stereocenters. The maximum Gasteiger partial charge on any atom is 0.265 e. The van der Waals surface area contributed by atoms with Crippen LogP contribution in [-0.4, -0.2) is 25.5 Å². The summed E-state index contributed by atoms with van der Waals surface area (Å²) in [6, 6.07) is 2.93. The molecule has 0 saturated carbocycles. The van der Waals surface area contributed by atoms with Gasteiger partial charge in [-0.15, -0.1) is 6.42 Å². The zero-order valence-corrected chi connectivity index (χ0v) is 14.2. The standard InChI is InChI=1S/C15H9Cl2N3O3S/c1-3-6-20-14-11(18-24-19-14)12(21)10(15(20)22)9-7(16)4-5-8(17)13(9)23-2/h1,4-5,21H,6H2,2H3/i2D. The molecule has 2 heterocycles. The Bertz CT molecular complexity index is 1070. The summed E-state index contributed by atoms with van der Waals surface area (Å²) in [4.78, 5) is 13.0. The number of halogens is 2. The van der Waals surface area contributed by atoms with E-state index in [0.29, 0.717) is 0 Å². The lowest BCUT2D eigenvalue weighted by atomic mass is 10.0. The number of fused-ring (bicyclic) bond motifs is 1. The first kappa shape index (κ1) is 15.3. The second-order valence-electron chi connectivity index (χ2n) is 4.63. The van der Waals surface area contributed by atoms with Crippen LogP contribution in [0.1, 0.15) is 1.37 Å². The minimum absolute atomic E-state index is 0.0198. The highest BCUT2D eigenvalue weighted by atomic mass is 35.5. The van der Waals surface area contributed by atoms with Crippen molar-refractivity contribution in [2.75, 3.05) is 7.09 Å². The van der Waals surface area contributed by atoms with Gasteiger partial charge < -0.3 is 9.84 Å². The van der Waals surface area contributed by atoms with E-state index in [2.05, 4.69) is 14.7 Å². The Morgan fingerprint density at radius 2 is 2.17 bits per heavy atom. The van der Waals surface area contributed by atoms with Crippen LogP contribution in [0.5, 0.6) is 11.5 Å². The van der Waals surface area contributed by atoms with Gasteiger partial charge in [-0.3, -0.25) is 9.36 Å². The average Bonchev–Trinajstić information content (AvgIpc) is 3.07. The van der Waals surface area contributed by atoms with Gasteiger partial charge in [-0.25, -0.2) is 0 Å². The molecule has 0 bridgehead atoms. The molecule has 0 amide bonds. The molecule has 0 radical (unpaired) electrons. The normalized spacial score (nSPS) is 11.3. The maximum absolute atomic E-state index is 13.0. The number of benzene rings is 1. The van der Waals surface area contributed by atoms with Gasteiger partial charge in [-0.05, 0) is 12.1 Å². The fraction of sp³-hybridized carbons (Fsp3) is 0.133. The van der Waals surface area contributed by atoms with Gasteiger partial charge >= 0.3 is 0 Å². The van der Waals surface area contributed by atoms with Gasteiger partial charge in [0.05, 0.1) is 47.9 Å². The molecule has 0 aliphatic heterocycles. The van der Waals surface area contributed by atoms with Gasteiger partial charge in [0.2, 0.25) is 0 Å². The summed E-state index contributed by atoms with van der Waals surface area (Å²) >= 11 is 13.2. The molecule has 9 heteroatoms. The molecule has 0 atom stereocenters. The van der Waals surface area contributed by atoms with Gasteiger partial charge in [0.25, 0.3) is 5.56 Å². The Kier molecular flexibility index (Phi) is 4.02. The van der Waals surface area contributed by atoms with Gasteiger partial charge in [0, 0.05) is 0 Å². The molecule has 6 nitrogen and oxygen atoms in total. The van der Waals surface area contributed by atoms with Crippen LogP contribution < -0.4 is 10.3 Å². The second kappa shape index (κ2) is 6.32. The van der Waals surface area contributed by atoms with Crippen molar-refractivity contribution in [2.45, 2.75) is 6.54 Å². The van der Waals surface area contributed by atoms with Crippen LogP contribution in [0.25, 0.3) is 22.3 Å². The van der Waals surface area contributed by atoms with E-state index >= 15 is 0 Å². The van der Waals surface area contributed by atoms with E-state index in [1.54, 1.807) is 0 Å². The van der Waals surface area contributed by atoms with Gasteiger partial charge in [0.1, 0.15) is 5.75 Å². The third kappa shape index (κ3) is 2.40. The van der Waals surface area contributed by atoms with E-state index in [1.807, 2.05) is 0 Å². The third-order valence-corrected chi connectivity index (χ3v) is 4.48. The molecule has 122 valence electrons. The summed E-state index contributed by atoms with van der Waals surface area (Å²) in [6.07, 6.45) is 5.33. The van der Waals surface area contributed by atoms with Crippen molar-refractivity contribution in [1.82, 2.24) is 13.3 Å². The van der Waals surface area contributed by atoms with Crippen LogP contribution in [0.4, 0.5) is 0 Å². The summed E-state index contributed by atoms with van der Waals surface area (Å²) < 4.78 is 21.7. The Labute approximate surface area is 152 Å². The van der Waals surface area contributed by atoms with Gasteiger partial charge in [0.15, 0.2) is 16.9 Å². The molecule has 1 aromatic carbocycles.